The van der Waals surface area contributed by atoms with E-state index in [1.54, 1.807) is 23.1 Å². The predicted octanol–water partition coefficient (Wildman–Crippen LogP) is 2.02. The van der Waals surface area contributed by atoms with Crippen molar-refractivity contribution in [2.24, 2.45) is 0 Å². The molecule has 7 heteroatoms. The molecular formula is C18H19N5O2. The maximum absolute atomic E-state index is 9.53. The molecule has 3 aromatic rings. The molecule has 0 radical (unpaired) electrons. The fraction of sp³-hybridized carbons (Fsp3) is 0.278. The van der Waals surface area contributed by atoms with Crippen LogP contribution in [-0.2, 0) is 6.42 Å². The van der Waals surface area contributed by atoms with Crippen LogP contribution in [0.3, 0.4) is 0 Å². The molecule has 25 heavy (non-hydrogen) atoms. The van der Waals surface area contributed by atoms with Crippen LogP contribution in [0, 0.1) is 0 Å². The molecule has 0 saturated heterocycles. The van der Waals surface area contributed by atoms with E-state index in [4.69, 9.17) is 4.74 Å². The van der Waals surface area contributed by atoms with Gasteiger partial charge in [0.05, 0.1) is 0 Å². The number of nitrogens with zero attached hydrogens (tertiary/aromatic N) is 4. The van der Waals surface area contributed by atoms with Gasteiger partial charge in [-0.05, 0) is 36.6 Å². The lowest BCUT2D eigenvalue weighted by Gasteiger charge is -2.29. The van der Waals surface area contributed by atoms with E-state index in [-0.39, 0.29) is 17.8 Å². The highest BCUT2D eigenvalue weighted by molar-refractivity contribution is 5.41. The van der Waals surface area contributed by atoms with Crippen molar-refractivity contribution >= 4 is 0 Å². The van der Waals surface area contributed by atoms with Crippen LogP contribution >= 0.6 is 0 Å². The molecule has 0 aliphatic carbocycles. The third-order valence-electron chi connectivity index (χ3n) is 4.37. The van der Waals surface area contributed by atoms with Crippen molar-refractivity contribution in [1.29, 1.82) is 0 Å². The second kappa shape index (κ2) is 6.52. The maximum Gasteiger partial charge on any atom is 0.155 e. The Kier molecular flexibility index (Phi) is 4.07. The molecule has 2 atom stereocenters. The Morgan fingerprint density at radius 2 is 2.24 bits per heavy atom. The van der Waals surface area contributed by atoms with Gasteiger partial charge in [0.25, 0.3) is 0 Å². The number of rotatable bonds is 4. The molecule has 0 saturated carbocycles. The first-order valence-corrected chi connectivity index (χ1v) is 8.21. The second-order valence-corrected chi connectivity index (χ2v) is 6.18. The number of phenolic OH excluding ortho intramolecular Hbond substituents is 1. The fourth-order valence-corrected chi connectivity index (χ4v) is 3.03. The minimum absolute atomic E-state index is 0.143. The number of hydrogen-bond donors (Lipinski definition) is 2. The van der Waals surface area contributed by atoms with Crippen LogP contribution < -0.4 is 10.1 Å². The molecule has 7 nitrogen and oxygen atoms in total. The molecule has 0 spiro atoms. The first-order chi connectivity index (χ1) is 12.2. The van der Waals surface area contributed by atoms with Crippen LogP contribution in [0.1, 0.15) is 24.1 Å². The Morgan fingerprint density at radius 3 is 3.00 bits per heavy atom. The van der Waals surface area contributed by atoms with E-state index in [1.807, 2.05) is 24.4 Å². The van der Waals surface area contributed by atoms with E-state index in [0.29, 0.717) is 6.61 Å². The molecule has 1 aromatic carbocycles. The highest BCUT2D eigenvalue weighted by Crippen LogP contribution is 2.29. The van der Waals surface area contributed by atoms with Crippen LogP contribution in [0.5, 0.6) is 11.5 Å². The topological polar surface area (TPSA) is 85.1 Å². The van der Waals surface area contributed by atoms with E-state index in [0.717, 1.165) is 29.1 Å². The Morgan fingerprint density at radius 1 is 1.32 bits per heavy atom. The lowest BCUT2D eigenvalue weighted by atomic mass is 10.0. The lowest BCUT2D eigenvalue weighted by molar-refractivity contribution is 0.228. The van der Waals surface area contributed by atoms with E-state index >= 15 is 0 Å². The summed E-state index contributed by atoms with van der Waals surface area (Å²) in [6.07, 6.45) is 5.83. The Labute approximate surface area is 145 Å². The molecule has 1 aliphatic rings. The Bertz CT molecular complexity index is 848. The molecule has 2 aromatic heterocycles. The average molecular weight is 337 g/mol. The summed E-state index contributed by atoms with van der Waals surface area (Å²) in [5.74, 6) is 1.74. The standard InChI is InChI=1S/C18H19N5O2/c1-12(14-3-5-18(20-8-14)23-11-19-10-21-23)22-15-6-13-2-4-16(24)7-17(13)25-9-15/h2-5,7-8,10-12,15,22,24H,6,9H2,1H3. The average Bonchev–Trinajstić information content (AvgIpc) is 3.17. The number of aromatic nitrogens is 4. The van der Waals surface area contributed by atoms with Gasteiger partial charge in [-0.1, -0.05) is 12.1 Å². The number of fused-ring (bicyclic) bond motifs is 1. The molecule has 2 unspecified atom stereocenters. The lowest BCUT2D eigenvalue weighted by Crippen LogP contribution is -2.40. The third-order valence-corrected chi connectivity index (χ3v) is 4.37. The molecule has 1 aliphatic heterocycles. The van der Waals surface area contributed by atoms with Gasteiger partial charge < -0.3 is 15.2 Å². The van der Waals surface area contributed by atoms with Crippen molar-refractivity contribution in [3.05, 3.63) is 60.3 Å². The summed E-state index contributed by atoms with van der Waals surface area (Å²) < 4.78 is 7.39. The quantitative estimate of drug-likeness (QED) is 0.758. The van der Waals surface area contributed by atoms with Crippen molar-refractivity contribution in [2.75, 3.05) is 6.61 Å². The minimum Gasteiger partial charge on any atom is -0.508 e. The largest absolute Gasteiger partial charge is 0.508 e. The summed E-state index contributed by atoms with van der Waals surface area (Å²) in [5, 5.41) is 17.2. The third kappa shape index (κ3) is 3.32. The normalized spacial score (nSPS) is 17.6. The van der Waals surface area contributed by atoms with Crippen molar-refractivity contribution in [3.63, 3.8) is 0 Å². The first kappa shape index (κ1) is 15.6. The van der Waals surface area contributed by atoms with Gasteiger partial charge in [0.1, 0.15) is 30.8 Å². The van der Waals surface area contributed by atoms with E-state index in [2.05, 4.69) is 27.3 Å². The summed E-state index contributed by atoms with van der Waals surface area (Å²) in [7, 11) is 0. The monoisotopic (exact) mass is 337 g/mol. The highest BCUT2D eigenvalue weighted by atomic mass is 16.5. The van der Waals surface area contributed by atoms with Crippen LogP contribution in [0.4, 0.5) is 0 Å². The number of benzene rings is 1. The highest BCUT2D eigenvalue weighted by Gasteiger charge is 2.22. The van der Waals surface area contributed by atoms with Crippen LogP contribution in [0.25, 0.3) is 5.82 Å². The van der Waals surface area contributed by atoms with Crippen LogP contribution in [0.15, 0.2) is 49.2 Å². The smallest absolute Gasteiger partial charge is 0.155 e. The summed E-state index contributed by atoms with van der Waals surface area (Å²) in [5.41, 5.74) is 2.20. The molecule has 0 bridgehead atoms. The predicted molar refractivity (Wildman–Crippen MR) is 91.8 cm³/mol. The maximum atomic E-state index is 9.53. The number of ether oxygens (including phenoxy) is 1. The fourth-order valence-electron chi connectivity index (χ4n) is 3.03. The molecule has 0 amide bonds. The Balaban J connectivity index is 1.42. The van der Waals surface area contributed by atoms with Gasteiger partial charge >= 0.3 is 0 Å². The number of nitrogens with one attached hydrogen (secondary N) is 1. The molecule has 0 fully saturated rings. The van der Waals surface area contributed by atoms with Gasteiger partial charge in [-0.15, -0.1) is 0 Å². The van der Waals surface area contributed by atoms with Crippen molar-refractivity contribution in [1.82, 2.24) is 25.1 Å². The van der Waals surface area contributed by atoms with Gasteiger partial charge in [-0.25, -0.2) is 14.6 Å². The summed E-state index contributed by atoms with van der Waals surface area (Å²) in [6, 6.07) is 9.60. The molecule has 2 N–H and O–H groups in total. The zero-order chi connectivity index (χ0) is 17.2. The van der Waals surface area contributed by atoms with Crippen molar-refractivity contribution < 1.29 is 9.84 Å². The van der Waals surface area contributed by atoms with Gasteiger partial charge in [0.15, 0.2) is 5.82 Å². The zero-order valence-electron chi connectivity index (χ0n) is 13.8. The SMILES string of the molecule is CC(NC1COc2cc(O)ccc2C1)c1ccc(-n2cncn2)nc1. The number of phenols is 1. The summed E-state index contributed by atoms with van der Waals surface area (Å²) >= 11 is 0. The van der Waals surface area contributed by atoms with Gasteiger partial charge in [0, 0.05) is 24.3 Å². The first-order valence-electron chi connectivity index (χ1n) is 8.21. The van der Waals surface area contributed by atoms with E-state index in [9.17, 15) is 5.11 Å². The second-order valence-electron chi connectivity index (χ2n) is 6.18. The van der Waals surface area contributed by atoms with Crippen LogP contribution in [0.2, 0.25) is 0 Å². The molecular weight excluding hydrogens is 318 g/mol. The number of hydrogen-bond acceptors (Lipinski definition) is 6. The van der Waals surface area contributed by atoms with Gasteiger partial charge in [0.2, 0.25) is 0 Å². The summed E-state index contributed by atoms with van der Waals surface area (Å²) in [4.78, 5) is 8.37. The van der Waals surface area contributed by atoms with Crippen molar-refractivity contribution in [3.8, 4) is 17.3 Å². The van der Waals surface area contributed by atoms with Gasteiger partial charge in [-0.2, -0.15) is 5.10 Å². The summed E-state index contributed by atoms with van der Waals surface area (Å²) in [6.45, 7) is 2.68. The molecule has 128 valence electrons. The zero-order valence-corrected chi connectivity index (χ0v) is 13.8. The minimum atomic E-state index is 0.143. The molecule has 4 rings (SSSR count). The molecule has 3 heterocycles. The van der Waals surface area contributed by atoms with Gasteiger partial charge in [-0.3, -0.25) is 0 Å². The van der Waals surface area contributed by atoms with E-state index in [1.165, 1.54) is 6.33 Å². The number of pyridine rings is 1. The van der Waals surface area contributed by atoms with Crippen molar-refractivity contribution in [2.45, 2.75) is 25.4 Å². The van der Waals surface area contributed by atoms with Crippen LogP contribution in [-0.4, -0.2) is 37.5 Å². The number of aromatic hydroxyl groups is 1. The van der Waals surface area contributed by atoms with E-state index < -0.39 is 0 Å². The Hall–Kier alpha value is -2.93.